The van der Waals surface area contributed by atoms with E-state index in [2.05, 4.69) is 0 Å². The van der Waals surface area contributed by atoms with E-state index in [-0.39, 0.29) is 6.42 Å². The van der Waals surface area contributed by atoms with E-state index < -0.39 is 31.7 Å². The number of alkyl halides is 3. The molecule has 1 aromatic carbocycles. The lowest BCUT2D eigenvalue weighted by Crippen LogP contribution is -2.19. The molecule has 0 bridgehead atoms. The van der Waals surface area contributed by atoms with Crippen molar-refractivity contribution in [3.63, 3.8) is 0 Å². The van der Waals surface area contributed by atoms with Gasteiger partial charge in [0, 0.05) is 0 Å². The van der Waals surface area contributed by atoms with Crippen LogP contribution in [0.25, 0.3) is 0 Å². The van der Waals surface area contributed by atoms with Gasteiger partial charge in [0.15, 0.2) is 15.1 Å². The minimum atomic E-state index is -4.61. The van der Waals surface area contributed by atoms with E-state index in [0.717, 1.165) is 18.2 Å². The van der Waals surface area contributed by atoms with E-state index in [9.17, 15) is 21.6 Å². The number of hydrogen-bond donors (Lipinski definition) is 0. The van der Waals surface area contributed by atoms with E-state index in [1.165, 1.54) is 6.92 Å². The van der Waals surface area contributed by atoms with Crippen LogP contribution in [0.1, 0.15) is 18.9 Å². The van der Waals surface area contributed by atoms with E-state index in [4.69, 9.17) is 5.26 Å². The summed E-state index contributed by atoms with van der Waals surface area (Å²) < 4.78 is 61.2. The standard InChI is InChI=1S/C11H10F3NO2S/c1-2-9(7-15)18(16,17)10-5-3-4-8(6-10)11(12,13)14/h3-6,9H,2H2,1H3. The summed E-state index contributed by atoms with van der Waals surface area (Å²) in [6.45, 7) is 1.49. The number of benzene rings is 1. The highest BCUT2D eigenvalue weighted by Gasteiger charge is 2.33. The van der Waals surface area contributed by atoms with Crippen molar-refractivity contribution < 1.29 is 21.6 Å². The summed E-state index contributed by atoms with van der Waals surface area (Å²) in [7, 11) is -4.05. The molecule has 0 aliphatic heterocycles. The molecule has 98 valence electrons. The van der Waals surface area contributed by atoms with E-state index >= 15 is 0 Å². The molecule has 0 saturated carbocycles. The quantitative estimate of drug-likeness (QED) is 0.853. The molecule has 0 radical (unpaired) electrons. The molecule has 0 spiro atoms. The first-order chi connectivity index (χ1) is 8.23. The Morgan fingerprint density at radius 1 is 1.39 bits per heavy atom. The molecule has 3 nitrogen and oxygen atoms in total. The van der Waals surface area contributed by atoms with Gasteiger partial charge in [-0.2, -0.15) is 18.4 Å². The van der Waals surface area contributed by atoms with Gasteiger partial charge in [-0.1, -0.05) is 13.0 Å². The highest BCUT2D eigenvalue weighted by molar-refractivity contribution is 7.92. The minimum absolute atomic E-state index is 0.0229. The van der Waals surface area contributed by atoms with E-state index in [1.807, 2.05) is 0 Å². The van der Waals surface area contributed by atoms with Crippen molar-refractivity contribution in [3.05, 3.63) is 29.8 Å². The van der Waals surface area contributed by atoms with Crippen molar-refractivity contribution in [2.24, 2.45) is 0 Å². The lowest BCUT2D eigenvalue weighted by molar-refractivity contribution is -0.137. The molecule has 18 heavy (non-hydrogen) atoms. The molecule has 0 aliphatic carbocycles. The number of sulfone groups is 1. The second-order valence-corrected chi connectivity index (χ2v) is 5.73. The summed E-state index contributed by atoms with van der Waals surface area (Å²) in [5.74, 6) is 0. The average Bonchev–Trinajstić information content (AvgIpc) is 2.29. The van der Waals surface area contributed by atoms with Crippen LogP contribution in [0.4, 0.5) is 13.2 Å². The zero-order valence-electron chi connectivity index (χ0n) is 9.40. The second-order valence-electron chi connectivity index (χ2n) is 3.60. The molecule has 0 fully saturated rings. The molecule has 1 unspecified atom stereocenters. The van der Waals surface area contributed by atoms with Crippen molar-refractivity contribution >= 4 is 9.84 Å². The van der Waals surface area contributed by atoms with Crippen molar-refractivity contribution in [1.82, 2.24) is 0 Å². The summed E-state index contributed by atoms with van der Waals surface area (Å²) in [6.07, 6.45) is -4.59. The normalized spacial score (nSPS) is 13.9. The van der Waals surface area contributed by atoms with Crippen LogP contribution in [0.15, 0.2) is 29.2 Å². The predicted octanol–water partition coefficient (Wildman–Crippen LogP) is 2.78. The Hall–Kier alpha value is -1.55. The Morgan fingerprint density at radius 2 is 2.00 bits per heavy atom. The molecule has 7 heteroatoms. The molecular formula is C11H10F3NO2S. The summed E-state index contributed by atoms with van der Waals surface area (Å²) >= 11 is 0. The highest BCUT2D eigenvalue weighted by Crippen LogP contribution is 2.31. The van der Waals surface area contributed by atoms with Gasteiger partial charge in [-0.25, -0.2) is 8.42 Å². The fourth-order valence-corrected chi connectivity index (χ4v) is 2.86. The molecule has 1 rings (SSSR count). The Labute approximate surface area is 103 Å². The average molecular weight is 277 g/mol. The van der Waals surface area contributed by atoms with Crippen LogP contribution in [0, 0.1) is 11.3 Å². The van der Waals surface area contributed by atoms with Crippen LogP contribution < -0.4 is 0 Å². The first kappa shape index (κ1) is 14.5. The van der Waals surface area contributed by atoms with Crippen LogP contribution in [0.3, 0.4) is 0 Å². The Balaban J connectivity index is 3.32. The monoisotopic (exact) mass is 277 g/mol. The summed E-state index contributed by atoms with van der Waals surface area (Å²) in [4.78, 5) is -0.481. The number of nitrogens with zero attached hydrogens (tertiary/aromatic N) is 1. The highest BCUT2D eigenvalue weighted by atomic mass is 32.2. The topological polar surface area (TPSA) is 57.9 Å². The lowest BCUT2D eigenvalue weighted by atomic mass is 10.2. The fraction of sp³-hybridized carbons (Fsp3) is 0.364. The lowest BCUT2D eigenvalue weighted by Gasteiger charge is -2.11. The van der Waals surface area contributed by atoms with Crippen LogP contribution in [-0.2, 0) is 16.0 Å². The van der Waals surface area contributed by atoms with Crippen LogP contribution in [-0.4, -0.2) is 13.7 Å². The SMILES string of the molecule is CCC(C#N)S(=O)(=O)c1cccc(C(F)(F)F)c1. The van der Waals surface area contributed by atoms with Crippen LogP contribution >= 0.6 is 0 Å². The van der Waals surface area contributed by atoms with Crippen molar-refractivity contribution in [2.75, 3.05) is 0 Å². The van der Waals surface area contributed by atoms with Gasteiger partial charge < -0.3 is 0 Å². The Morgan fingerprint density at radius 3 is 2.44 bits per heavy atom. The smallest absolute Gasteiger partial charge is 0.222 e. The minimum Gasteiger partial charge on any atom is -0.222 e. The summed E-state index contributed by atoms with van der Waals surface area (Å²) in [6, 6.07) is 4.99. The Bertz CT molecular complexity index is 573. The van der Waals surface area contributed by atoms with Crippen LogP contribution in [0.2, 0.25) is 0 Å². The first-order valence-corrected chi connectivity index (χ1v) is 6.59. The molecule has 0 saturated heterocycles. The van der Waals surface area contributed by atoms with Gasteiger partial charge in [-0.15, -0.1) is 0 Å². The maximum Gasteiger partial charge on any atom is 0.416 e. The maximum atomic E-state index is 12.5. The summed E-state index contributed by atoms with van der Waals surface area (Å²) in [5, 5.41) is 7.37. The van der Waals surface area contributed by atoms with Gasteiger partial charge in [0.05, 0.1) is 16.5 Å². The summed E-state index contributed by atoms with van der Waals surface area (Å²) in [5.41, 5.74) is -1.05. The van der Waals surface area contributed by atoms with Gasteiger partial charge in [0.2, 0.25) is 0 Å². The molecular weight excluding hydrogens is 267 g/mol. The molecule has 1 aromatic rings. The Kier molecular flexibility index (Phi) is 4.02. The predicted molar refractivity (Wildman–Crippen MR) is 58.3 cm³/mol. The van der Waals surface area contributed by atoms with Crippen molar-refractivity contribution in [3.8, 4) is 6.07 Å². The first-order valence-electron chi connectivity index (χ1n) is 5.04. The third-order valence-electron chi connectivity index (χ3n) is 2.38. The van der Waals surface area contributed by atoms with Gasteiger partial charge >= 0.3 is 6.18 Å². The van der Waals surface area contributed by atoms with Gasteiger partial charge in [-0.05, 0) is 24.6 Å². The number of hydrogen-bond acceptors (Lipinski definition) is 3. The van der Waals surface area contributed by atoms with E-state index in [0.29, 0.717) is 6.07 Å². The molecule has 0 heterocycles. The van der Waals surface area contributed by atoms with Crippen LogP contribution in [0.5, 0.6) is 0 Å². The maximum absolute atomic E-state index is 12.5. The molecule has 0 amide bonds. The van der Waals surface area contributed by atoms with E-state index in [1.54, 1.807) is 6.07 Å². The fourth-order valence-electron chi connectivity index (χ4n) is 1.39. The number of rotatable bonds is 3. The molecule has 0 N–H and O–H groups in total. The van der Waals surface area contributed by atoms with Gasteiger partial charge in [0.1, 0.15) is 0 Å². The van der Waals surface area contributed by atoms with Gasteiger partial charge in [-0.3, -0.25) is 0 Å². The molecule has 0 aliphatic rings. The molecule has 0 aromatic heterocycles. The third kappa shape index (κ3) is 2.82. The van der Waals surface area contributed by atoms with Crippen molar-refractivity contribution in [2.45, 2.75) is 29.7 Å². The number of halogens is 3. The largest absolute Gasteiger partial charge is 0.416 e. The zero-order valence-corrected chi connectivity index (χ0v) is 10.2. The second kappa shape index (κ2) is 4.98. The zero-order chi connectivity index (χ0) is 14.0. The van der Waals surface area contributed by atoms with Gasteiger partial charge in [0.25, 0.3) is 0 Å². The third-order valence-corrected chi connectivity index (χ3v) is 4.48. The van der Waals surface area contributed by atoms with Crippen molar-refractivity contribution in [1.29, 1.82) is 5.26 Å². The molecule has 1 atom stereocenters. The number of nitriles is 1.